The van der Waals surface area contributed by atoms with Gasteiger partial charge >= 0.3 is 23.1 Å². The molecule has 1 atom stereocenters. The predicted molar refractivity (Wildman–Crippen MR) is 47.5 cm³/mol. The average Bonchev–Trinajstić information content (AvgIpc) is 1.86. The van der Waals surface area contributed by atoms with Gasteiger partial charge in [-0.1, -0.05) is 6.58 Å². The van der Waals surface area contributed by atoms with Crippen molar-refractivity contribution >= 4 is 23.1 Å². The average molecular weight is 204 g/mol. The molecule has 0 aliphatic heterocycles. The van der Waals surface area contributed by atoms with E-state index in [2.05, 4.69) is 6.58 Å². The van der Waals surface area contributed by atoms with Crippen LogP contribution >= 0.6 is 0 Å². The number of halogens is 1. The molecule has 0 saturated heterocycles. The number of quaternary nitrogens is 1. The molecule has 0 saturated carbocycles. The predicted octanol–water partition coefficient (Wildman–Crippen LogP) is -1.60. The van der Waals surface area contributed by atoms with E-state index in [9.17, 15) is 10.4 Å². The van der Waals surface area contributed by atoms with E-state index >= 15 is 0 Å². The third-order valence-corrected chi connectivity index (χ3v) is 1.63. The summed E-state index contributed by atoms with van der Waals surface area (Å²) in [5.41, 5.74) is 0. The van der Waals surface area contributed by atoms with Crippen molar-refractivity contribution < 1.29 is 17.2 Å². The number of hydroxylamine groups is 4. The van der Waals surface area contributed by atoms with E-state index in [1.807, 2.05) is 0 Å². The maximum absolute atomic E-state index is 11.0. The molecule has 0 amide bonds. The Labute approximate surface area is 96.1 Å². The summed E-state index contributed by atoms with van der Waals surface area (Å²) in [6, 6.07) is -1.02. The van der Waals surface area contributed by atoms with Crippen LogP contribution in [0.4, 0.5) is 0 Å². The van der Waals surface area contributed by atoms with Crippen LogP contribution in [0.3, 0.4) is 0 Å². The zero-order chi connectivity index (χ0) is 8.36. The molecule has 0 aromatic heterocycles. The summed E-state index contributed by atoms with van der Waals surface area (Å²) in [7, 11) is 0. The second-order valence-corrected chi connectivity index (χ2v) is 2.72. The number of nitrogens with zero attached hydrogens (tertiary/aromatic N) is 1. The summed E-state index contributed by atoms with van der Waals surface area (Å²) in [6.07, 6.45) is 1.39. The minimum Gasteiger partial charge on any atom is -1.00 e. The van der Waals surface area contributed by atoms with Gasteiger partial charge in [-0.25, -0.2) is 0 Å². The summed E-state index contributed by atoms with van der Waals surface area (Å²) >= 11 is 0. The molecule has 68 valence electrons. The Bertz CT molecular complexity index is 131. The number of hydrogen-bond donors (Lipinski definition) is 0. The van der Waals surface area contributed by atoms with Crippen LogP contribution in [0.2, 0.25) is 0 Å². The smallest absolute Gasteiger partial charge is 1.00 e. The van der Waals surface area contributed by atoms with Gasteiger partial charge in [-0.15, -0.1) is 0 Å². The monoisotopic (exact) mass is 203 g/mol. The quantitative estimate of drug-likeness (QED) is 0.240. The van der Waals surface area contributed by atoms with E-state index in [4.69, 9.17) is 0 Å². The maximum Gasteiger partial charge on any atom is 2.00 e. The largest absolute Gasteiger partial charge is 2.00 e. The van der Waals surface area contributed by atoms with Crippen molar-refractivity contribution in [3.8, 4) is 0 Å². The molecular weight excluding hydrogens is 190 g/mol. The van der Waals surface area contributed by atoms with Gasteiger partial charge in [0, 0.05) is 0 Å². The molecule has 0 spiro atoms. The topological polar surface area (TPSA) is 46.1 Å². The van der Waals surface area contributed by atoms with Crippen molar-refractivity contribution in [2.75, 3.05) is 0 Å². The minimum absolute atomic E-state index is 0. The Morgan fingerprint density at radius 2 is 1.58 bits per heavy atom. The van der Waals surface area contributed by atoms with Gasteiger partial charge in [0.05, 0.1) is 6.04 Å². The second kappa shape index (κ2) is 7.12. The molecule has 3 nitrogen and oxygen atoms in total. The minimum atomic E-state index is -1.48. The Hall–Kier alpha value is 0.676. The Morgan fingerprint density at radius 3 is 1.67 bits per heavy atom. The fourth-order valence-corrected chi connectivity index (χ4v) is 0.617. The van der Waals surface area contributed by atoms with Crippen LogP contribution in [0, 0.1) is 10.4 Å². The first kappa shape index (κ1) is 18.5. The van der Waals surface area contributed by atoms with Crippen LogP contribution in [0.25, 0.3) is 0 Å². The summed E-state index contributed by atoms with van der Waals surface area (Å²) < 4.78 is 0. The summed E-state index contributed by atoms with van der Waals surface area (Å²) in [5, 5.41) is 22.1. The van der Waals surface area contributed by atoms with E-state index in [-0.39, 0.29) is 35.5 Å². The molecule has 1 unspecified atom stereocenters. The van der Waals surface area contributed by atoms with Gasteiger partial charge in [0.25, 0.3) is 0 Å². The van der Waals surface area contributed by atoms with Gasteiger partial charge in [-0.3, -0.25) is 0 Å². The molecule has 0 aliphatic rings. The normalized spacial score (nSPS) is 12.8. The van der Waals surface area contributed by atoms with Crippen LogP contribution in [0.1, 0.15) is 20.8 Å². The van der Waals surface area contributed by atoms with Crippen molar-refractivity contribution in [3.05, 3.63) is 23.1 Å². The molecule has 0 bridgehead atoms. The Balaban J connectivity index is -0.000000405. The van der Waals surface area contributed by atoms with Gasteiger partial charge in [-0.05, 0) is 26.8 Å². The molecule has 0 radical (unpaired) electrons. The van der Waals surface area contributed by atoms with Crippen molar-refractivity contribution in [3.63, 3.8) is 0 Å². The molecule has 5 heteroatoms. The molecule has 0 heterocycles. The van der Waals surface area contributed by atoms with Crippen molar-refractivity contribution in [2.45, 2.75) is 32.9 Å². The van der Waals surface area contributed by atoms with Crippen LogP contribution in [0.15, 0.2) is 12.7 Å². The number of hydrogen-bond acceptors (Lipinski definition) is 2. The molecule has 0 aromatic rings. The molecule has 0 aromatic carbocycles. The van der Waals surface area contributed by atoms with E-state index < -0.39 is 16.9 Å². The molecule has 0 fully saturated rings. The fraction of sp³-hybridized carbons (Fsp3) is 0.714. The fourth-order valence-electron chi connectivity index (χ4n) is 0.617. The van der Waals surface area contributed by atoms with Crippen LogP contribution < -0.4 is 12.4 Å². The summed E-state index contributed by atoms with van der Waals surface area (Å²) in [5.74, 6) is 0. The van der Waals surface area contributed by atoms with Crippen LogP contribution in [-0.2, 0) is 0 Å². The first-order valence-electron chi connectivity index (χ1n) is 3.36. The molecular formula is C7H14ClMgNO2. The molecule has 12 heavy (non-hydrogen) atoms. The Kier molecular flexibility index (Phi) is 10.9. The standard InChI is InChI=1S/C7H14NO2.ClH.Mg/c1-5-7(4)8(9,10)6(2)3;;/h5-7H,1H2,2-4H3;1H;/q-1;;+2/p-1. The van der Waals surface area contributed by atoms with Crippen molar-refractivity contribution in [2.24, 2.45) is 0 Å². The van der Waals surface area contributed by atoms with Crippen LogP contribution in [-0.4, -0.2) is 39.9 Å². The Morgan fingerprint density at radius 1 is 1.25 bits per heavy atom. The van der Waals surface area contributed by atoms with E-state index in [1.54, 1.807) is 20.8 Å². The van der Waals surface area contributed by atoms with Crippen molar-refractivity contribution in [1.29, 1.82) is 0 Å². The first-order valence-corrected chi connectivity index (χ1v) is 3.36. The second-order valence-electron chi connectivity index (χ2n) is 2.72. The van der Waals surface area contributed by atoms with Crippen molar-refractivity contribution in [1.82, 2.24) is 0 Å². The number of rotatable bonds is 3. The first-order chi connectivity index (χ1) is 4.42. The van der Waals surface area contributed by atoms with Gasteiger partial charge in [0.2, 0.25) is 0 Å². The SMILES string of the molecule is C=CC(C)[N+]([O-])([O-])C(C)C.[Cl-].[Mg+2]. The van der Waals surface area contributed by atoms with Gasteiger partial charge < -0.3 is 27.6 Å². The molecule has 0 aliphatic carbocycles. The van der Waals surface area contributed by atoms with Gasteiger partial charge in [-0.2, -0.15) is 0 Å². The van der Waals surface area contributed by atoms with Gasteiger partial charge in [0.1, 0.15) is 6.04 Å². The van der Waals surface area contributed by atoms with Gasteiger partial charge in [0.15, 0.2) is 0 Å². The molecule has 0 N–H and O–H groups in total. The van der Waals surface area contributed by atoms with E-state index in [0.29, 0.717) is 0 Å². The summed E-state index contributed by atoms with van der Waals surface area (Å²) in [4.78, 5) is -1.48. The third kappa shape index (κ3) is 4.64. The maximum atomic E-state index is 11.0. The third-order valence-electron chi connectivity index (χ3n) is 1.63. The summed E-state index contributed by atoms with van der Waals surface area (Å²) in [6.45, 7) is 8.19. The van der Waals surface area contributed by atoms with Crippen LogP contribution in [0.5, 0.6) is 0 Å². The van der Waals surface area contributed by atoms with E-state index in [1.165, 1.54) is 6.08 Å². The zero-order valence-corrected chi connectivity index (χ0v) is 9.96. The van der Waals surface area contributed by atoms with E-state index in [0.717, 1.165) is 0 Å². The zero-order valence-electron chi connectivity index (χ0n) is 7.79. The molecule has 0 rings (SSSR count).